The number of carbonyl (C=O) groups excluding carboxylic acids is 1. The van der Waals surface area contributed by atoms with Crippen LogP contribution < -0.4 is 10.2 Å². The van der Waals surface area contributed by atoms with Crippen LogP contribution >= 0.6 is 0 Å². The zero-order valence-electron chi connectivity index (χ0n) is 19.5. The first-order chi connectivity index (χ1) is 16.3. The summed E-state index contributed by atoms with van der Waals surface area (Å²) in [6.45, 7) is 5.47. The van der Waals surface area contributed by atoms with Crippen molar-refractivity contribution in [3.8, 4) is 0 Å². The Morgan fingerprint density at radius 2 is 1.85 bits per heavy atom. The van der Waals surface area contributed by atoms with E-state index in [1.807, 2.05) is 0 Å². The number of likely N-dealkylation sites (N-methyl/N-ethyl adjacent to an activating group) is 1. The van der Waals surface area contributed by atoms with E-state index in [1.165, 1.54) is 19.0 Å². The summed E-state index contributed by atoms with van der Waals surface area (Å²) >= 11 is 0. The number of hydrogen-bond acceptors (Lipinski definition) is 5. The highest BCUT2D eigenvalue weighted by Crippen LogP contribution is 2.43. The minimum atomic E-state index is -4.46. The summed E-state index contributed by atoms with van der Waals surface area (Å²) in [5.41, 5.74) is 0.0381. The molecule has 1 N–H and O–H groups in total. The smallest absolute Gasteiger partial charge is 0.369 e. The van der Waals surface area contributed by atoms with Gasteiger partial charge in [-0.15, -0.1) is 0 Å². The summed E-state index contributed by atoms with van der Waals surface area (Å²) in [5.74, 6) is 1.10. The second-order valence-electron chi connectivity index (χ2n) is 10.1. The number of piperazine rings is 1. The molecule has 5 rings (SSSR count). The Morgan fingerprint density at radius 3 is 2.56 bits per heavy atom. The molecule has 0 unspecified atom stereocenters. The van der Waals surface area contributed by atoms with Gasteiger partial charge in [-0.05, 0) is 62.4 Å². The molecule has 1 saturated carbocycles. The largest absolute Gasteiger partial charge is 0.418 e. The quantitative estimate of drug-likeness (QED) is 0.720. The number of benzene rings is 1. The molecule has 2 saturated heterocycles. The van der Waals surface area contributed by atoms with Crippen molar-refractivity contribution < 1.29 is 18.0 Å². The average molecular weight is 476 g/mol. The Kier molecular flexibility index (Phi) is 6.41. The summed E-state index contributed by atoms with van der Waals surface area (Å²) in [6.07, 6.45) is 0.257. The molecule has 0 bridgehead atoms. The number of alkyl halides is 3. The van der Waals surface area contributed by atoms with Crippen molar-refractivity contribution in [3.63, 3.8) is 0 Å². The molecule has 2 aromatic rings. The van der Waals surface area contributed by atoms with E-state index in [0.29, 0.717) is 30.3 Å². The van der Waals surface area contributed by atoms with Crippen LogP contribution in [0, 0.1) is 11.8 Å². The van der Waals surface area contributed by atoms with E-state index < -0.39 is 11.7 Å². The monoisotopic (exact) mass is 475 g/mol. The second-order valence-corrected chi connectivity index (χ2v) is 10.1. The van der Waals surface area contributed by atoms with Crippen molar-refractivity contribution in [2.75, 3.05) is 57.8 Å². The molecule has 3 heterocycles. The third kappa shape index (κ3) is 5.15. The molecule has 34 heavy (non-hydrogen) atoms. The SMILES string of the molecule is CN1CCN(CC(=O)N[C@@H]2C[C@H](C3CC3)CN(c3ccc(C(F)(F)F)c4ncccc34)C2)CC1. The Labute approximate surface area is 198 Å². The molecule has 1 aromatic carbocycles. The number of rotatable bonds is 5. The molecule has 3 fully saturated rings. The Bertz CT molecular complexity index is 1030. The predicted octanol–water partition coefficient (Wildman–Crippen LogP) is 3.22. The number of halogens is 3. The number of piperidine rings is 1. The Hall–Kier alpha value is -2.39. The lowest BCUT2D eigenvalue weighted by molar-refractivity contribution is -0.136. The predicted molar refractivity (Wildman–Crippen MR) is 126 cm³/mol. The third-order valence-electron chi connectivity index (χ3n) is 7.49. The second kappa shape index (κ2) is 9.34. The van der Waals surface area contributed by atoms with Crippen molar-refractivity contribution >= 4 is 22.5 Å². The summed E-state index contributed by atoms with van der Waals surface area (Å²) < 4.78 is 40.7. The topological polar surface area (TPSA) is 51.7 Å². The van der Waals surface area contributed by atoms with Crippen LogP contribution in [-0.4, -0.2) is 79.6 Å². The van der Waals surface area contributed by atoms with Crippen molar-refractivity contribution in [2.45, 2.75) is 31.5 Å². The molecule has 9 heteroatoms. The molecule has 1 amide bonds. The van der Waals surface area contributed by atoms with Gasteiger partial charge in [-0.25, -0.2) is 0 Å². The van der Waals surface area contributed by atoms with Crippen LogP contribution in [0.5, 0.6) is 0 Å². The molecule has 2 atom stereocenters. The number of pyridine rings is 1. The first-order valence-electron chi connectivity index (χ1n) is 12.2. The van der Waals surface area contributed by atoms with Crippen molar-refractivity contribution in [1.29, 1.82) is 0 Å². The average Bonchev–Trinajstić information content (AvgIpc) is 3.64. The maximum absolute atomic E-state index is 13.6. The number of aromatic nitrogens is 1. The molecule has 3 aliphatic rings. The number of carbonyl (C=O) groups is 1. The van der Waals surface area contributed by atoms with Crippen LogP contribution in [0.15, 0.2) is 30.5 Å². The van der Waals surface area contributed by atoms with E-state index in [-0.39, 0.29) is 17.5 Å². The van der Waals surface area contributed by atoms with Crippen LogP contribution in [0.1, 0.15) is 24.8 Å². The minimum absolute atomic E-state index is 0.0169. The summed E-state index contributed by atoms with van der Waals surface area (Å²) in [7, 11) is 2.09. The number of amides is 1. The zero-order chi connectivity index (χ0) is 23.9. The van der Waals surface area contributed by atoms with E-state index in [4.69, 9.17) is 0 Å². The highest BCUT2D eigenvalue weighted by atomic mass is 19.4. The summed E-state index contributed by atoms with van der Waals surface area (Å²) in [6, 6.07) is 6.10. The highest BCUT2D eigenvalue weighted by Gasteiger charge is 2.39. The van der Waals surface area contributed by atoms with Crippen molar-refractivity contribution in [2.24, 2.45) is 11.8 Å². The molecule has 184 valence electrons. The number of hydrogen-bond donors (Lipinski definition) is 1. The standard InChI is InChI=1S/C25H32F3N5O/c1-31-9-11-32(12-10-31)16-23(34)30-19-13-18(17-4-5-17)14-33(15-19)22-7-6-21(25(26,27)28)24-20(22)3-2-8-29-24/h2-3,6-8,17-19H,4-5,9-16H2,1H3,(H,30,34)/t18-,19+/m0/s1. The van der Waals surface area contributed by atoms with Crippen LogP contribution in [0.4, 0.5) is 18.9 Å². The normalized spacial score (nSPS) is 25.0. The van der Waals surface area contributed by atoms with Gasteiger partial charge in [-0.3, -0.25) is 14.7 Å². The van der Waals surface area contributed by atoms with Gasteiger partial charge >= 0.3 is 6.18 Å². The zero-order valence-corrected chi connectivity index (χ0v) is 19.5. The molecular weight excluding hydrogens is 443 g/mol. The molecular formula is C25H32F3N5O. The van der Waals surface area contributed by atoms with E-state index >= 15 is 0 Å². The molecule has 0 spiro atoms. The molecule has 1 aromatic heterocycles. The van der Waals surface area contributed by atoms with Crippen LogP contribution in [0.25, 0.3) is 10.9 Å². The summed E-state index contributed by atoms with van der Waals surface area (Å²) in [4.78, 5) is 23.5. The lowest BCUT2D eigenvalue weighted by Crippen LogP contribution is -2.54. The van der Waals surface area contributed by atoms with Gasteiger partial charge in [-0.2, -0.15) is 13.2 Å². The molecule has 6 nitrogen and oxygen atoms in total. The van der Waals surface area contributed by atoms with E-state index in [0.717, 1.165) is 50.9 Å². The summed E-state index contributed by atoms with van der Waals surface area (Å²) in [5, 5.41) is 3.75. The van der Waals surface area contributed by atoms with Gasteiger partial charge in [0.05, 0.1) is 17.6 Å². The number of fused-ring (bicyclic) bond motifs is 1. The number of anilines is 1. The van der Waals surface area contributed by atoms with Crippen molar-refractivity contribution in [1.82, 2.24) is 20.1 Å². The fraction of sp³-hybridized carbons (Fsp3) is 0.600. The van der Waals surface area contributed by atoms with Gasteiger partial charge in [-0.1, -0.05) is 0 Å². The van der Waals surface area contributed by atoms with Crippen LogP contribution in [-0.2, 0) is 11.0 Å². The van der Waals surface area contributed by atoms with E-state index in [1.54, 1.807) is 18.2 Å². The Balaban J connectivity index is 1.35. The van der Waals surface area contributed by atoms with Gasteiger partial charge in [0.1, 0.15) is 0 Å². The molecule has 0 radical (unpaired) electrons. The highest BCUT2D eigenvalue weighted by molar-refractivity contribution is 5.94. The number of nitrogens with one attached hydrogen (secondary N) is 1. The fourth-order valence-electron chi connectivity index (χ4n) is 5.49. The van der Waals surface area contributed by atoms with Gasteiger partial charge in [0, 0.05) is 62.6 Å². The number of nitrogens with zero attached hydrogens (tertiary/aromatic N) is 4. The first-order valence-corrected chi connectivity index (χ1v) is 12.2. The van der Waals surface area contributed by atoms with Crippen LogP contribution in [0.3, 0.4) is 0 Å². The van der Waals surface area contributed by atoms with Gasteiger partial charge in [0.25, 0.3) is 0 Å². The van der Waals surface area contributed by atoms with Crippen LogP contribution in [0.2, 0.25) is 0 Å². The minimum Gasteiger partial charge on any atom is -0.369 e. The molecule has 2 aliphatic heterocycles. The van der Waals surface area contributed by atoms with Crippen molar-refractivity contribution in [3.05, 3.63) is 36.0 Å². The maximum atomic E-state index is 13.6. The lowest BCUT2D eigenvalue weighted by atomic mass is 9.89. The van der Waals surface area contributed by atoms with E-state index in [2.05, 4.69) is 32.0 Å². The first kappa shape index (κ1) is 23.4. The third-order valence-corrected chi connectivity index (χ3v) is 7.49. The van der Waals surface area contributed by atoms with E-state index in [9.17, 15) is 18.0 Å². The maximum Gasteiger partial charge on any atom is 0.418 e. The Morgan fingerprint density at radius 1 is 1.09 bits per heavy atom. The lowest BCUT2D eigenvalue weighted by Gasteiger charge is -2.40. The van der Waals surface area contributed by atoms with Gasteiger partial charge in [0.15, 0.2) is 0 Å². The van der Waals surface area contributed by atoms with Gasteiger partial charge in [0.2, 0.25) is 5.91 Å². The van der Waals surface area contributed by atoms with Gasteiger partial charge < -0.3 is 15.1 Å². The fourth-order valence-corrected chi connectivity index (χ4v) is 5.49. The molecule has 1 aliphatic carbocycles.